The van der Waals surface area contributed by atoms with E-state index in [1.165, 1.54) is 6.07 Å². The number of hydrogen-bond acceptors (Lipinski definition) is 4. The first-order valence-electron chi connectivity index (χ1n) is 7.05. The Morgan fingerprint density at radius 3 is 2.48 bits per heavy atom. The van der Waals surface area contributed by atoms with Crippen LogP contribution in [-0.4, -0.2) is 23.1 Å². The van der Waals surface area contributed by atoms with Gasteiger partial charge >= 0.3 is 0 Å². The third-order valence-corrected chi connectivity index (χ3v) is 3.11. The van der Waals surface area contributed by atoms with Crippen molar-refractivity contribution in [3.05, 3.63) is 53.6 Å². The Bertz CT molecular complexity index is 569. The maximum atomic E-state index is 13.6. The summed E-state index contributed by atoms with van der Waals surface area (Å²) in [5.41, 5.74) is 1.67. The van der Waals surface area contributed by atoms with Crippen molar-refractivity contribution >= 4 is 5.95 Å². The van der Waals surface area contributed by atoms with E-state index in [0.717, 1.165) is 12.1 Å². The van der Waals surface area contributed by atoms with Crippen LogP contribution in [0.25, 0.3) is 0 Å². The topological polar surface area (TPSA) is 41.1 Å². The Morgan fingerprint density at radius 2 is 1.86 bits per heavy atom. The molecule has 0 amide bonds. The van der Waals surface area contributed by atoms with E-state index in [1.54, 1.807) is 24.5 Å². The van der Waals surface area contributed by atoms with Crippen molar-refractivity contribution in [2.24, 2.45) is 0 Å². The molecule has 0 aliphatic rings. The maximum Gasteiger partial charge on any atom is 0.225 e. The van der Waals surface area contributed by atoms with Gasteiger partial charge in [-0.15, -0.1) is 0 Å². The lowest BCUT2D eigenvalue weighted by Gasteiger charge is -2.17. The SMILES string of the molecule is CC(C)NCc1cnc(N(C)Cc2ccccc2F)nc1. The van der Waals surface area contributed by atoms with E-state index in [1.807, 2.05) is 18.0 Å². The van der Waals surface area contributed by atoms with E-state index in [9.17, 15) is 4.39 Å². The molecule has 5 heteroatoms. The highest BCUT2D eigenvalue weighted by molar-refractivity contribution is 5.31. The van der Waals surface area contributed by atoms with E-state index in [-0.39, 0.29) is 5.82 Å². The molecule has 0 saturated heterocycles. The number of anilines is 1. The monoisotopic (exact) mass is 288 g/mol. The van der Waals surface area contributed by atoms with Crippen molar-refractivity contribution in [2.45, 2.75) is 33.0 Å². The lowest BCUT2D eigenvalue weighted by Crippen LogP contribution is -2.23. The van der Waals surface area contributed by atoms with Crippen LogP contribution in [0.5, 0.6) is 0 Å². The van der Waals surface area contributed by atoms with E-state index in [2.05, 4.69) is 29.1 Å². The molecule has 1 heterocycles. The van der Waals surface area contributed by atoms with Crippen molar-refractivity contribution in [3.8, 4) is 0 Å². The second-order valence-corrected chi connectivity index (χ2v) is 5.37. The molecule has 21 heavy (non-hydrogen) atoms. The van der Waals surface area contributed by atoms with Gasteiger partial charge in [0, 0.05) is 49.7 Å². The summed E-state index contributed by atoms with van der Waals surface area (Å²) < 4.78 is 13.6. The Labute approximate surface area is 125 Å². The molecular weight excluding hydrogens is 267 g/mol. The van der Waals surface area contributed by atoms with Crippen LogP contribution in [0.1, 0.15) is 25.0 Å². The number of aromatic nitrogens is 2. The zero-order valence-corrected chi connectivity index (χ0v) is 12.7. The van der Waals surface area contributed by atoms with E-state index >= 15 is 0 Å². The molecule has 0 fully saturated rings. The summed E-state index contributed by atoms with van der Waals surface area (Å²) in [7, 11) is 1.85. The highest BCUT2D eigenvalue weighted by Gasteiger charge is 2.08. The standard InChI is InChI=1S/C16H21FN4/c1-12(2)18-8-13-9-19-16(20-10-13)21(3)11-14-6-4-5-7-15(14)17/h4-7,9-10,12,18H,8,11H2,1-3H3. The average molecular weight is 288 g/mol. The van der Waals surface area contributed by atoms with Crippen molar-refractivity contribution in [2.75, 3.05) is 11.9 Å². The van der Waals surface area contributed by atoms with Gasteiger partial charge in [-0.2, -0.15) is 0 Å². The minimum absolute atomic E-state index is 0.206. The van der Waals surface area contributed by atoms with Crippen LogP contribution in [0.3, 0.4) is 0 Å². The van der Waals surface area contributed by atoms with Gasteiger partial charge in [-0.25, -0.2) is 14.4 Å². The zero-order valence-electron chi connectivity index (χ0n) is 12.7. The molecule has 0 unspecified atom stereocenters. The Hall–Kier alpha value is -2.01. The number of nitrogens with zero attached hydrogens (tertiary/aromatic N) is 3. The highest BCUT2D eigenvalue weighted by Crippen LogP contribution is 2.13. The van der Waals surface area contributed by atoms with Crippen molar-refractivity contribution < 1.29 is 4.39 Å². The molecule has 4 nitrogen and oxygen atoms in total. The highest BCUT2D eigenvalue weighted by atomic mass is 19.1. The first kappa shape index (κ1) is 15.4. The average Bonchev–Trinajstić information content (AvgIpc) is 2.48. The Morgan fingerprint density at radius 1 is 1.19 bits per heavy atom. The molecule has 112 valence electrons. The molecule has 0 atom stereocenters. The molecule has 0 radical (unpaired) electrons. The van der Waals surface area contributed by atoms with Crippen molar-refractivity contribution in [1.29, 1.82) is 0 Å². The number of nitrogens with one attached hydrogen (secondary N) is 1. The van der Waals surface area contributed by atoms with E-state index in [0.29, 0.717) is 24.1 Å². The fourth-order valence-electron chi connectivity index (χ4n) is 1.91. The summed E-state index contributed by atoms with van der Waals surface area (Å²) >= 11 is 0. The molecule has 1 N–H and O–H groups in total. The van der Waals surface area contributed by atoms with Gasteiger partial charge in [0.25, 0.3) is 0 Å². The van der Waals surface area contributed by atoms with Gasteiger partial charge in [-0.1, -0.05) is 32.0 Å². The van der Waals surface area contributed by atoms with Gasteiger partial charge in [0.2, 0.25) is 5.95 Å². The summed E-state index contributed by atoms with van der Waals surface area (Å²) in [5, 5.41) is 3.31. The van der Waals surface area contributed by atoms with Crippen LogP contribution in [0.2, 0.25) is 0 Å². The van der Waals surface area contributed by atoms with Crippen LogP contribution < -0.4 is 10.2 Å². The molecule has 0 aliphatic carbocycles. The lowest BCUT2D eigenvalue weighted by atomic mass is 10.2. The third-order valence-electron chi connectivity index (χ3n) is 3.11. The quantitative estimate of drug-likeness (QED) is 0.887. The third kappa shape index (κ3) is 4.49. The second-order valence-electron chi connectivity index (χ2n) is 5.37. The second kappa shape index (κ2) is 7.13. The first-order valence-corrected chi connectivity index (χ1v) is 7.05. The van der Waals surface area contributed by atoms with Crippen LogP contribution >= 0.6 is 0 Å². The minimum atomic E-state index is -0.206. The smallest absolute Gasteiger partial charge is 0.225 e. The van der Waals surface area contributed by atoms with Gasteiger partial charge in [-0.05, 0) is 6.07 Å². The minimum Gasteiger partial charge on any atom is -0.339 e. The van der Waals surface area contributed by atoms with Gasteiger partial charge in [0.15, 0.2) is 0 Å². The molecule has 0 spiro atoms. The van der Waals surface area contributed by atoms with Gasteiger partial charge < -0.3 is 10.2 Å². The molecule has 1 aromatic heterocycles. The fraction of sp³-hybridized carbons (Fsp3) is 0.375. The van der Waals surface area contributed by atoms with Gasteiger partial charge in [-0.3, -0.25) is 0 Å². The van der Waals surface area contributed by atoms with Gasteiger partial charge in [0.1, 0.15) is 5.82 Å². The number of benzene rings is 1. The largest absolute Gasteiger partial charge is 0.339 e. The van der Waals surface area contributed by atoms with Gasteiger partial charge in [0.05, 0.1) is 0 Å². The first-order chi connectivity index (χ1) is 10.1. The van der Waals surface area contributed by atoms with Crippen LogP contribution in [-0.2, 0) is 13.1 Å². The molecule has 0 bridgehead atoms. The summed E-state index contributed by atoms with van der Waals surface area (Å²) in [6.07, 6.45) is 3.60. The predicted molar refractivity (Wildman–Crippen MR) is 82.5 cm³/mol. The number of hydrogen-bond donors (Lipinski definition) is 1. The van der Waals surface area contributed by atoms with Crippen molar-refractivity contribution in [1.82, 2.24) is 15.3 Å². The fourth-order valence-corrected chi connectivity index (χ4v) is 1.91. The maximum absolute atomic E-state index is 13.6. The molecule has 0 aliphatic heterocycles. The Balaban J connectivity index is 2.00. The number of rotatable bonds is 6. The van der Waals surface area contributed by atoms with E-state index in [4.69, 9.17) is 0 Å². The Kier molecular flexibility index (Phi) is 5.22. The van der Waals surface area contributed by atoms with Crippen molar-refractivity contribution in [3.63, 3.8) is 0 Å². The molecule has 2 aromatic rings. The van der Waals surface area contributed by atoms with Crippen LogP contribution in [0.4, 0.5) is 10.3 Å². The van der Waals surface area contributed by atoms with Crippen LogP contribution in [0, 0.1) is 5.82 Å². The summed E-state index contributed by atoms with van der Waals surface area (Å²) in [6.45, 7) is 5.38. The zero-order chi connectivity index (χ0) is 15.2. The molecule has 2 rings (SSSR count). The molecular formula is C16H21FN4. The number of halogens is 1. The molecule has 1 aromatic carbocycles. The summed E-state index contributed by atoms with van der Waals surface area (Å²) in [5.74, 6) is 0.383. The lowest BCUT2D eigenvalue weighted by molar-refractivity contribution is 0.586. The molecule has 0 saturated carbocycles. The summed E-state index contributed by atoms with van der Waals surface area (Å²) in [4.78, 5) is 10.5. The van der Waals surface area contributed by atoms with E-state index < -0.39 is 0 Å². The van der Waals surface area contributed by atoms with Crippen LogP contribution in [0.15, 0.2) is 36.7 Å². The normalized spacial score (nSPS) is 10.9. The predicted octanol–water partition coefficient (Wildman–Crippen LogP) is 2.75. The summed E-state index contributed by atoms with van der Waals surface area (Å²) in [6, 6.07) is 7.17.